The second-order valence-electron chi connectivity index (χ2n) is 7.37. The van der Waals surface area contributed by atoms with Crippen molar-refractivity contribution < 1.29 is 9.53 Å². The second-order valence-corrected chi connectivity index (χ2v) is 7.37. The van der Waals surface area contributed by atoms with E-state index in [2.05, 4.69) is 26.0 Å². The van der Waals surface area contributed by atoms with Gasteiger partial charge in [0.05, 0.1) is 35.1 Å². The average Bonchev–Trinajstić information content (AvgIpc) is 3.38. The zero-order valence-corrected chi connectivity index (χ0v) is 16.8. The van der Waals surface area contributed by atoms with Crippen LogP contribution < -0.4 is 16.0 Å². The smallest absolute Gasteiger partial charge is 0.255 e. The van der Waals surface area contributed by atoms with Crippen molar-refractivity contribution in [2.75, 3.05) is 24.8 Å². The highest BCUT2D eigenvalue weighted by atomic mass is 16.5. The van der Waals surface area contributed by atoms with Gasteiger partial charge in [-0.15, -0.1) is 0 Å². The number of nitrogens with one attached hydrogen (secondary N) is 3. The minimum absolute atomic E-state index is 0.0422. The summed E-state index contributed by atoms with van der Waals surface area (Å²) in [6.45, 7) is 0. The summed E-state index contributed by atoms with van der Waals surface area (Å²) in [5.41, 5.74) is 3.76. The van der Waals surface area contributed by atoms with Gasteiger partial charge in [0.15, 0.2) is 5.65 Å². The van der Waals surface area contributed by atoms with Crippen molar-refractivity contribution in [1.82, 2.24) is 24.3 Å². The number of rotatable bonds is 6. The third-order valence-electron chi connectivity index (χ3n) is 5.65. The molecule has 0 unspecified atom stereocenters. The van der Waals surface area contributed by atoms with Crippen molar-refractivity contribution >= 4 is 34.3 Å². The lowest BCUT2D eigenvalue weighted by Crippen LogP contribution is -2.51. The summed E-state index contributed by atoms with van der Waals surface area (Å²) < 4.78 is 9.07. The van der Waals surface area contributed by atoms with Crippen LogP contribution in [0.25, 0.3) is 11.2 Å². The van der Waals surface area contributed by atoms with Gasteiger partial charge >= 0.3 is 0 Å². The Hall–Kier alpha value is -3.59. The van der Waals surface area contributed by atoms with Crippen LogP contribution in [-0.2, 0) is 4.74 Å². The molecule has 5 rings (SSSR count). The molecule has 0 aliphatic heterocycles. The summed E-state index contributed by atoms with van der Waals surface area (Å²) in [6, 6.07) is 7.83. The van der Waals surface area contributed by atoms with Gasteiger partial charge in [0.25, 0.3) is 5.91 Å². The maximum atomic E-state index is 12.9. The Kier molecular flexibility index (Phi) is 4.51. The summed E-state index contributed by atoms with van der Waals surface area (Å²) in [7, 11) is 3.50. The molecule has 9 heteroatoms. The number of nitrogens with zero attached hydrogens (tertiary/aromatic N) is 4. The number of imidazole rings is 1. The van der Waals surface area contributed by atoms with Crippen molar-refractivity contribution in [2.24, 2.45) is 0 Å². The van der Waals surface area contributed by atoms with Crippen molar-refractivity contribution in [3.8, 4) is 0 Å². The normalized spacial score (nSPS) is 18.3. The van der Waals surface area contributed by atoms with Crippen LogP contribution in [0.5, 0.6) is 0 Å². The topological polar surface area (TPSA) is 97.0 Å². The van der Waals surface area contributed by atoms with E-state index >= 15 is 0 Å². The van der Waals surface area contributed by atoms with Crippen LogP contribution in [0.1, 0.15) is 23.2 Å². The highest BCUT2D eigenvalue weighted by Crippen LogP contribution is 2.28. The fourth-order valence-corrected chi connectivity index (χ4v) is 3.88. The predicted octanol–water partition coefficient (Wildman–Crippen LogP) is 2.67. The van der Waals surface area contributed by atoms with Gasteiger partial charge in [-0.2, -0.15) is 5.10 Å². The van der Waals surface area contributed by atoms with Gasteiger partial charge < -0.3 is 25.1 Å². The zero-order valence-electron chi connectivity index (χ0n) is 16.8. The third kappa shape index (κ3) is 3.03. The van der Waals surface area contributed by atoms with E-state index in [1.165, 1.54) is 0 Å². The number of fused-ring (bicyclic) bond motifs is 2. The number of hydrogen-bond donors (Lipinski definition) is 3. The SMILES string of the molecule is CNc1cc(Nc2cccn3ccnc23)cc2c(C(=O)N[C@H]3CC[C@@H]3OC)cnn12. The van der Waals surface area contributed by atoms with Crippen LogP contribution in [0.3, 0.4) is 0 Å². The van der Waals surface area contributed by atoms with Crippen LogP contribution >= 0.6 is 0 Å². The molecule has 1 amide bonds. The van der Waals surface area contributed by atoms with E-state index < -0.39 is 0 Å². The molecule has 4 aromatic rings. The van der Waals surface area contributed by atoms with Crippen molar-refractivity contribution in [2.45, 2.75) is 25.0 Å². The molecule has 0 aromatic carbocycles. The number of hydrogen-bond acceptors (Lipinski definition) is 6. The second kappa shape index (κ2) is 7.34. The van der Waals surface area contributed by atoms with Gasteiger partial charge in [-0.25, -0.2) is 9.50 Å². The Labute approximate surface area is 173 Å². The highest BCUT2D eigenvalue weighted by Gasteiger charge is 2.32. The highest BCUT2D eigenvalue weighted by molar-refractivity contribution is 6.01. The van der Waals surface area contributed by atoms with Crippen molar-refractivity contribution in [3.63, 3.8) is 0 Å². The Bertz CT molecular complexity index is 1230. The Morgan fingerprint density at radius 1 is 1.27 bits per heavy atom. The lowest BCUT2D eigenvalue weighted by atomic mass is 9.89. The zero-order chi connectivity index (χ0) is 20.7. The minimum atomic E-state index is -0.147. The number of aromatic nitrogens is 4. The Morgan fingerprint density at radius 2 is 2.17 bits per heavy atom. The fourth-order valence-electron chi connectivity index (χ4n) is 3.88. The molecule has 3 N–H and O–H groups in total. The number of anilines is 3. The summed E-state index contributed by atoms with van der Waals surface area (Å²) in [5, 5.41) is 14.0. The Balaban J connectivity index is 1.50. The van der Waals surface area contributed by atoms with Gasteiger partial charge in [-0.1, -0.05) is 0 Å². The molecule has 1 aliphatic rings. The van der Waals surface area contributed by atoms with Crippen LogP contribution in [0.4, 0.5) is 17.2 Å². The van der Waals surface area contributed by atoms with Crippen LogP contribution in [0, 0.1) is 0 Å². The number of amides is 1. The minimum Gasteiger partial charge on any atom is -0.379 e. The van der Waals surface area contributed by atoms with Gasteiger partial charge in [-0.3, -0.25) is 4.79 Å². The summed E-state index contributed by atoms with van der Waals surface area (Å²) in [5.74, 6) is 0.620. The first-order chi connectivity index (χ1) is 14.7. The van der Waals surface area contributed by atoms with Crippen LogP contribution in [0.15, 0.2) is 49.1 Å². The molecule has 30 heavy (non-hydrogen) atoms. The predicted molar refractivity (Wildman–Crippen MR) is 114 cm³/mol. The molecule has 2 atom stereocenters. The number of ether oxygens (including phenoxy) is 1. The maximum absolute atomic E-state index is 12.9. The molecule has 1 saturated carbocycles. The standard InChI is InChI=1S/C21H23N7O2/c1-22-19-11-13(25-16-4-3-8-27-9-7-23-20(16)27)10-17-14(12-24-28(17)19)21(29)26-15-5-6-18(15)30-2/h3-4,7-12,15,18,22,25H,5-6H2,1-2H3,(H,26,29)/t15-,18-/m0/s1. The van der Waals surface area contributed by atoms with Gasteiger partial charge in [-0.05, 0) is 31.0 Å². The van der Waals surface area contributed by atoms with E-state index in [0.29, 0.717) is 11.1 Å². The molecule has 4 aromatic heterocycles. The third-order valence-corrected chi connectivity index (χ3v) is 5.65. The van der Waals surface area contributed by atoms with E-state index in [0.717, 1.165) is 35.7 Å². The van der Waals surface area contributed by atoms with E-state index in [9.17, 15) is 4.79 Å². The molecule has 4 heterocycles. The largest absolute Gasteiger partial charge is 0.379 e. The summed E-state index contributed by atoms with van der Waals surface area (Å²) in [6.07, 6.45) is 9.18. The lowest BCUT2D eigenvalue weighted by Gasteiger charge is -2.35. The van der Waals surface area contributed by atoms with Crippen molar-refractivity contribution in [1.29, 1.82) is 0 Å². The van der Waals surface area contributed by atoms with E-state index in [4.69, 9.17) is 4.74 Å². The van der Waals surface area contributed by atoms with E-state index in [-0.39, 0.29) is 18.1 Å². The molecular formula is C21H23N7O2. The van der Waals surface area contributed by atoms with Crippen molar-refractivity contribution in [3.05, 3.63) is 54.6 Å². The lowest BCUT2D eigenvalue weighted by molar-refractivity contribution is 0.00732. The summed E-state index contributed by atoms with van der Waals surface area (Å²) in [4.78, 5) is 17.3. The molecule has 0 saturated heterocycles. The fraction of sp³-hybridized carbons (Fsp3) is 0.286. The molecule has 1 fully saturated rings. The van der Waals surface area contributed by atoms with Gasteiger partial charge in [0.1, 0.15) is 5.82 Å². The first-order valence-corrected chi connectivity index (χ1v) is 9.90. The number of pyridine rings is 2. The van der Waals surface area contributed by atoms with E-state index in [1.807, 2.05) is 48.1 Å². The summed E-state index contributed by atoms with van der Waals surface area (Å²) >= 11 is 0. The molecule has 0 bridgehead atoms. The van der Waals surface area contributed by atoms with E-state index in [1.54, 1.807) is 24.0 Å². The molecule has 154 valence electrons. The molecule has 0 radical (unpaired) electrons. The maximum Gasteiger partial charge on any atom is 0.255 e. The number of methoxy groups -OCH3 is 1. The first-order valence-electron chi connectivity index (χ1n) is 9.90. The average molecular weight is 405 g/mol. The quantitative estimate of drug-likeness (QED) is 0.456. The monoisotopic (exact) mass is 405 g/mol. The van der Waals surface area contributed by atoms with Gasteiger partial charge in [0, 0.05) is 44.5 Å². The molecule has 1 aliphatic carbocycles. The van der Waals surface area contributed by atoms with Crippen LogP contribution in [0.2, 0.25) is 0 Å². The Morgan fingerprint density at radius 3 is 2.93 bits per heavy atom. The first kappa shape index (κ1) is 18.4. The molecular weight excluding hydrogens is 382 g/mol. The number of carbonyl (C=O) groups excluding carboxylic acids is 1. The van der Waals surface area contributed by atoms with Gasteiger partial charge in [0.2, 0.25) is 0 Å². The molecule has 9 nitrogen and oxygen atoms in total. The van der Waals surface area contributed by atoms with Crippen LogP contribution in [-0.4, -0.2) is 51.2 Å². The molecule has 0 spiro atoms. The number of carbonyl (C=O) groups is 1.